The summed E-state index contributed by atoms with van der Waals surface area (Å²) in [6.07, 6.45) is 1.68. The number of nitrogens with zero attached hydrogens (tertiary/aromatic N) is 3. The summed E-state index contributed by atoms with van der Waals surface area (Å²) in [5.74, 6) is 0.613. The summed E-state index contributed by atoms with van der Waals surface area (Å²) in [7, 11) is 0. The Bertz CT molecular complexity index is 994. The van der Waals surface area contributed by atoms with Crippen LogP contribution in [0.2, 0.25) is 0 Å². The van der Waals surface area contributed by atoms with E-state index < -0.39 is 5.97 Å². The maximum atomic E-state index is 11.3. The van der Waals surface area contributed by atoms with Gasteiger partial charge in [-0.25, -0.2) is 0 Å². The number of rotatable bonds is 11. The van der Waals surface area contributed by atoms with Gasteiger partial charge in [0.05, 0.1) is 5.92 Å². The SMILES string of the molecule is CC[C@H](CN(CC)Cc1ccc(-c2noc(-c3ccc(CC(C)C)cc3)n2)cc1)C(=O)O. The van der Waals surface area contributed by atoms with Gasteiger partial charge in [-0.15, -0.1) is 0 Å². The monoisotopic (exact) mass is 435 g/mol. The van der Waals surface area contributed by atoms with Gasteiger partial charge in [0.15, 0.2) is 0 Å². The molecule has 0 amide bonds. The molecule has 0 unspecified atom stereocenters. The van der Waals surface area contributed by atoms with Gasteiger partial charge in [-0.2, -0.15) is 4.98 Å². The molecule has 0 aliphatic rings. The zero-order chi connectivity index (χ0) is 23.1. The second-order valence-corrected chi connectivity index (χ2v) is 8.69. The molecule has 1 N–H and O–H groups in total. The van der Waals surface area contributed by atoms with Crippen LogP contribution in [0.1, 0.15) is 45.2 Å². The minimum Gasteiger partial charge on any atom is -0.481 e. The Labute approximate surface area is 190 Å². The highest BCUT2D eigenvalue weighted by atomic mass is 16.5. The first kappa shape index (κ1) is 23.7. The van der Waals surface area contributed by atoms with Crippen LogP contribution in [0.4, 0.5) is 0 Å². The van der Waals surface area contributed by atoms with Crippen LogP contribution in [0.3, 0.4) is 0 Å². The average molecular weight is 436 g/mol. The van der Waals surface area contributed by atoms with Crippen molar-refractivity contribution in [3.05, 3.63) is 59.7 Å². The first-order chi connectivity index (χ1) is 15.4. The Morgan fingerprint density at radius 1 is 1.00 bits per heavy atom. The molecule has 3 aromatic rings. The highest BCUT2D eigenvalue weighted by molar-refractivity contribution is 5.70. The average Bonchev–Trinajstić information content (AvgIpc) is 3.27. The van der Waals surface area contributed by atoms with E-state index in [0.29, 0.717) is 37.1 Å². The van der Waals surface area contributed by atoms with Crippen LogP contribution >= 0.6 is 0 Å². The van der Waals surface area contributed by atoms with E-state index in [1.165, 1.54) is 5.56 Å². The molecule has 1 heterocycles. The summed E-state index contributed by atoms with van der Waals surface area (Å²) in [5.41, 5.74) is 4.23. The molecule has 0 radical (unpaired) electrons. The number of aliphatic carboxylic acids is 1. The third kappa shape index (κ3) is 6.26. The molecule has 3 rings (SSSR count). The lowest BCUT2D eigenvalue weighted by atomic mass is 10.0. The second kappa shape index (κ2) is 11.0. The number of carboxylic acid groups (broad SMARTS) is 1. The largest absolute Gasteiger partial charge is 0.481 e. The Kier molecular flexibility index (Phi) is 8.17. The van der Waals surface area contributed by atoms with Crippen molar-refractivity contribution in [1.29, 1.82) is 0 Å². The minimum atomic E-state index is -0.733. The van der Waals surface area contributed by atoms with E-state index >= 15 is 0 Å². The number of hydrogen-bond donors (Lipinski definition) is 1. The Hall–Kier alpha value is -2.99. The molecule has 2 aromatic carbocycles. The predicted molar refractivity (Wildman–Crippen MR) is 126 cm³/mol. The molecule has 6 nitrogen and oxygen atoms in total. The second-order valence-electron chi connectivity index (χ2n) is 8.69. The normalized spacial score (nSPS) is 12.4. The van der Waals surface area contributed by atoms with Gasteiger partial charge in [0.25, 0.3) is 5.89 Å². The van der Waals surface area contributed by atoms with Crippen molar-refractivity contribution in [2.75, 3.05) is 13.1 Å². The van der Waals surface area contributed by atoms with Crippen LogP contribution in [0, 0.1) is 11.8 Å². The molecule has 6 heteroatoms. The molecule has 0 saturated heterocycles. The zero-order valence-electron chi connectivity index (χ0n) is 19.4. The van der Waals surface area contributed by atoms with Gasteiger partial charge in [-0.3, -0.25) is 9.69 Å². The molecule has 0 bridgehead atoms. The van der Waals surface area contributed by atoms with Crippen molar-refractivity contribution >= 4 is 5.97 Å². The topological polar surface area (TPSA) is 79.5 Å². The van der Waals surface area contributed by atoms with Crippen LogP contribution in [-0.4, -0.2) is 39.2 Å². The summed E-state index contributed by atoms with van der Waals surface area (Å²) < 4.78 is 5.49. The third-order valence-corrected chi connectivity index (χ3v) is 5.66. The lowest BCUT2D eigenvalue weighted by Gasteiger charge is -2.23. The molecule has 0 fully saturated rings. The highest BCUT2D eigenvalue weighted by Crippen LogP contribution is 2.24. The molecule has 0 spiro atoms. The highest BCUT2D eigenvalue weighted by Gasteiger charge is 2.18. The fraction of sp³-hybridized carbons (Fsp3) is 0.423. The number of carboxylic acids is 1. The molecular weight excluding hydrogens is 402 g/mol. The van der Waals surface area contributed by atoms with Crippen LogP contribution in [0.5, 0.6) is 0 Å². The third-order valence-electron chi connectivity index (χ3n) is 5.66. The van der Waals surface area contributed by atoms with E-state index in [0.717, 1.165) is 29.7 Å². The van der Waals surface area contributed by atoms with E-state index in [4.69, 9.17) is 4.52 Å². The van der Waals surface area contributed by atoms with Crippen molar-refractivity contribution < 1.29 is 14.4 Å². The minimum absolute atomic E-state index is 0.341. The number of benzene rings is 2. The number of hydrogen-bond acceptors (Lipinski definition) is 5. The van der Waals surface area contributed by atoms with Gasteiger partial charge in [-0.05, 0) is 48.6 Å². The van der Waals surface area contributed by atoms with Gasteiger partial charge < -0.3 is 9.63 Å². The summed E-state index contributed by atoms with van der Waals surface area (Å²) >= 11 is 0. The Balaban J connectivity index is 1.66. The molecule has 0 saturated carbocycles. The smallest absolute Gasteiger partial charge is 0.307 e. The van der Waals surface area contributed by atoms with Crippen molar-refractivity contribution in [1.82, 2.24) is 15.0 Å². The first-order valence-corrected chi connectivity index (χ1v) is 11.4. The summed E-state index contributed by atoms with van der Waals surface area (Å²) in [6, 6.07) is 16.3. The van der Waals surface area contributed by atoms with E-state index in [9.17, 15) is 9.90 Å². The van der Waals surface area contributed by atoms with Crippen molar-refractivity contribution in [2.45, 2.75) is 47.1 Å². The lowest BCUT2D eigenvalue weighted by Crippen LogP contribution is -2.32. The van der Waals surface area contributed by atoms with Crippen molar-refractivity contribution in [2.24, 2.45) is 11.8 Å². The summed E-state index contributed by atoms with van der Waals surface area (Å²) in [6.45, 7) is 10.5. The Morgan fingerprint density at radius 3 is 2.19 bits per heavy atom. The Morgan fingerprint density at radius 2 is 1.62 bits per heavy atom. The lowest BCUT2D eigenvalue weighted by molar-refractivity contribution is -0.142. The predicted octanol–water partition coefficient (Wildman–Crippen LogP) is 5.53. The summed E-state index contributed by atoms with van der Waals surface area (Å²) in [4.78, 5) is 18.1. The molecule has 0 aliphatic carbocycles. The fourth-order valence-electron chi connectivity index (χ4n) is 3.73. The van der Waals surface area contributed by atoms with Gasteiger partial charge in [0.1, 0.15) is 0 Å². The van der Waals surface area contributed by atoms with Gasteiger partial charge in [-0.1, -0.05) is 69.2 Å². The molecule has 170 valence electrons. The number of carbonyl (C=O) groups is 1. The molecule has 1 aromatic heterocycles. The molecular formula is C26H33N3O3. The molecule has 1 atom stereocenters. The van der Waals surface area contributed by atoms with Gasteiger partial charge >= 0.3 is 5.97 Å². The maximum absolute atomic E-state index is 11.3. The molecule has 0 aliphatic heterocycles. The summed E-state index contributed by atoms with van der Waals surface area (Å²) in [5, 5.41) is 13.5. The van der Waals surface area contributed by atoms with Crippen molar-refractivity contribution in [3.63, 3.8) is 0 Å². The van der Waals surface area contributed by atoms with Gasteiger partial charge in [0.2, 0.25) is 5.82 Å². The van der Waals surface area contributed by atoms with Gasteiger partial charge in [0, 0.05) is 24.2 Å². The van der Waals surface area contributed by atoms with E-state index in [2.05, 4.69) is 47.9 Å². The van der Waals surface area contributed by atoms with Crippen LogP contribution in [-0.2, 0) is 17.8 Å². The maximum Gasteiger partial charge on any atom is 0.307 e. The quantitative estimate of drug-likeness (QED) is 0.426. The first-order valence-electron chi connectivity index (χ1n) is 11.4. The zero-order valence-corrected chi connectivity index (χ0v) is 19.4. The standard InChI is InChI=1S/C26H33N3O3/c1-5-21(26(30)31)17-29(6-2)16-20-9-11-22(12-10-20)24-27-25(32-28-24)23-13-7-19(8-14-23)15-18(3)4/h7-14,18,21H,5-6,15-17H2,1-4H3,(H,30,31)/t21-/m1/s1. The van der Waals surface area contributed by atoms with Crippen LogP contribution < -0.4 is 0 Å². The van der Waals surface area contributed by atoms with E-state index in [1.54, 1.807) is 0 Å². The van der Waals surface area contributed by atoms with E-state index in [-0.39, 0.29) is 5.92 Å². The fourth-order valence-corrected chi connectivity index (χ4v) is 3.73. The van der Waals surface area contributed by atoms with E-state index in [1.807, 2.05) is 43.3 Å². The molecule has 32 heavy (non-hydrogen) atoms. The van der Waals surface area contributed by atoms with Crippen LogP contribution in [0.15, 0.2) is 53.1 Å². The number of aromatic nitrogens is 2. The van der Waals surface area contributed by atoms with Crippen molar-refractivity contribution in [3.8, 4) is 22.8 Å². The van der Waals surface area contributed by atoms with Crippen LogP contribution in [0.25, 0.3) is 22.8 Å².